The van der Waals surface area contributed by atoms with Crippen molar-refractivity contribution in [3.05, 3.63) is 28.5 Å². The van der Waals surface area contributed by atoms with Gasteiger partial charge in [0.2, 0.25) is 0 Å². The number of halogens is 4. The average Bonchev–Trinajstić information content (AvgIpc) is 2.19. The van der Waals surface area contributed by atoms with Gasteiger partial charge in [0.15, 0.2) is 0 Å². The monoisotopic (exact) mass is 248 g/mol. The zero-order valence-electron chi connectivity index (χ0n) is 8.11. The highest BCUT2D eigenvalue weighted by Crippen LogP contribution is 2.30. The Bertz CT molecular complexity index is 432. The lowest BCUT2D eigenvalue weighted by Gasteiger charge is -2.06. The maximum absolute atomic E-state index is 12.3. The van der Waals surface area contributed by atoms with E-state index in [0.29, 0.717) is 19.2 Å². The second-order valence-corrected chi connectivity index (χ2v) is 3.30. The molecule has 0 fully saturated rings. The Morgan fingerprint density at radius 2 is 2.12 bits per heavy atom. The topological polar surface area (TPSA) is 38.9 Å². The van der Waals surface area contributed by atoms with Crippen molar-refractivity contribution < 1.29 is 13.2 Å². The lowest BCUT2D eigenvalue weighted by molar-refractivity contribution is -0.137. The molecule has 2 nitrogen and oxygen atoms in total. The lowest BCUT2D eigenvalue weighted by Crippen LogP contribution is -2.06. The first kappa shape index (κ1) is 12.8. The minimum absolute atomic E-state index is 0.112. The number of rotatable bonds is 1. The van der Waals surface area contributed by atoms with Crippen molar-refractivity contribution in [1.82, 2.24) is 4.98 Å². The molecule has 0 amide bonds. The van der Waals surface area contributed by atoms with Gasteiger partial charge in [0.25, 0.3) is 0 Å². The van der Waals surface area contributed by atoms with Gasteiger partial charge in [-0.2, -0.15) is 13.2 Å². The van der Waals surface area contributed by atoms with Gasteiger partial charge in [-0.1, -0.05) is 17.5 Å². The number of nitrogens with two attached hydrogens (primary N) is 1. The van der Waals surface area contributed by atoms with Crippen LogP contribution in [0.1, 0.15) is 17.7 Å². The van der Waals surface area contributed by atoms with E-state index in [9.17, 15) is 13.2 Å². The highest BCUT2D eigenvalue weighted by atomic mass is 35.5. The van der Waals surface area contributed by atoms with Gasteiger partial charge in [0.1, 0.15) is 5.69 Å². The average molecular weight is 249 g/mol. The first-order chi connectivity index (χ1) is 7.45. The number of pyridine rings is 1. The normalized spacial score (nSPS) is 10.8. The van der Waals surface area contributed by atoms with Crippen LogP contribution in [-0.2, 0) is 6.18 Å². The molecule has 1 aromatic heterocycles. The molecule has 86 valence electrons. The largest absolute Gasteiger partial charge is 0.417 e. The predicted molar refractivity (Wildman–Crippen MR) is 54.8 cm³/mol. The molecule has 0 unspecified atom stereocenters. The molecule has 16 heavy (non-hydrogen) atoms. The van der Waals surface area contributed by atoms with Crippen LogP contribution in [0, 0.1) is 11.8 Å². The van der Waals surface area contributed by atoms with Gasteiger partial charge in [0.05, 0.1) is 10.6 Å². The van der Waals surface area contributed by atoms with E-state index in [0.717, 1.165) is 6.07 Å². The number of hydrogen-bond acceptors (Lipinski definition) is 2. The molecular weight excluding hydrogens is 241 g/mol. The van der Waals surface area contributed by atoms with Gasteiger partial charge in [-0.05, 0) is 12.0 Å². The second-order valence-electron chi connectivity index (χ2n) is 2.89. The van der Waals surface area contributed by atoms with Crippen molar-refractivity contribution in [2.24, 2.45) is 5.73 Å². The third kappa shape index (κ3) is 3.40. The van der Waals surface area contributed by atoms with E-state index in [-0.39, 0.29) is 10.7 Å². The van der Waals surface area contributed by atoms with Crippen molar-refractivity contribution in [2.45, 2.75) is 12.6 Å². The van der Waals surface area contributed by atoms with Gasteiger partial charge in [-0.15, -0.1) is 0 Å². The quantitative estimate of drug-likeness (QED) is 0.776. The summed E-state index contributed by atoms with van der Waals surface area (Å²) in [6.07, 6.45) is -3.29. The summed E-state index contributed by atoms with van der Waals surface area (Å²) in [5.74, 6) is 5.20. The Balaban J connectivity index is 2.98. The summed E-state index contributed by atoms with van der Waals surface area (Å²) >= 11 is 5.62. The van der Waals surface area contributed by atoms with E-state index in [4.69, 9.17) is 17.3 Å². The van der Waals surface area contributed by atoms with Gasteiger partial charge in [-0.3, -0.25) is 0 Å². The molecule has 0 aliphatic heterocycles. The lowest BCUT2D eigenvalue weighted by atomic mass is 10.2. The molecule has 0 atom stereocenters. The summed E-state index contributed by atoms with van der Waals surface area (Å²) in [6, 6.07) is 0.807. The summed E-state index contributed by atoms with van der Waals surface area (Å²) in [7, 11) is 0. The molecule has 0 spiro atoms. The summed E-state index contributed by atoms with van der Waals surface area (Å²) in [6.45, 7) is 0.380. The Morgan fingerprint density at radius 3 is 2.62 bits per heavy atom. The standard InChI is InChI=1S/C10H8ClF3N2/c11-8-5-7(10(12,13)14)6-16-9(8)3-1-2-4-15/h5-6H,2,4,15H2. The fraction of sp³-hybridized carbons (Fsp3) is 0.300. The molecule has 6 heteroatoms. The van der Waals surface area contributed by atoms with Crippen LogP contribution in [-0.4, -0.2) is 11.5 Å². The maximum Gasteiger partial charge on any atom is 0.417 e. The highest BCUT2D eigenvalue weighted by molar-refractivity contribution is 6.31. The highest BCUT2D eigenvalue weighted by Gasteiger charge is 2.31. The van der Waals surface area contributed by atoms with Crippen molar-refractivity contribution in [1.29, 1.82) is 0 Å². The molecule has 0 bridgehead atoms. The Morgan fingerprint density at radius 1 is 1.44 bits per heavy atom. The molecule has 1 aromatic rings. The fourth-order valence-corrected chi connectivity index (χ4v) is 1.12. The van der Waals surface area contributed by atoms with E-state index in [1.165, 1.54) is 0 Å². The minimum atomic E-state index is -4.44. The van der Waals surface area contributed by atoms with Crippen LogP contribution in [0.3, 0.4) is 0 Å². The van der Waals surface area contributed by atoms with E-state index in [2.05, 4.69) is 16.8 Å². The molecule has 0 radical (unpaired) electrons. The van der Waals surface area contributed by atoms with Crippen LogP contribution in [0.2, 0.25) is 5.02 Å². The van der Waals surface area contributed by atoms with E-state index in [1.807, 2.05) is 0 Å². The zero-order valence-corrected chi connectivity index (χ0v) is 8.86. The number of hydrogen-bond donors (Lipinski definition) is 1. The van der Waals surface area contributed by atoms with Gasteiger partial charge >= 0.3 is 6.18 Å². The van der Waals surface area contributed by atoms with Crippen molar-refractivity contribution >= 4 is 11.6 Å². The molecule has 0 saturated carbocycles. The van der Waals surface area contributed by atoms with Gasteiger partial charge < -0.3 is 5.73 Å². The third-order valence-corrected chi connectivity index (χ3v) is 1.93. The molecule has 2 N–H and O–H groups in total. The fourth-order valence-electron chi connectivity index (χ4n) is 0.903. The smallest absolute Gasteiger partial charge is 0.330 e. The first-order valence-corrected chi connectivity index (χ1v) is 4.74. The van der Waals surface area contributed by atoms with Gasteiger partial charge in [-0.25, -0.2) is 4.98 Å². The maximum atomic E-state index is 12.3. The third-order valence-electron chi connectivity index (χ3n) is 1.64. The number of aromatic nitrogens is 1. The van der Waals surface area contributed by atoms with E-state index < -0.39 is 11.7 Å². The number of alkyl halides is 3. The van der Waals surface area contributed by atoms with Crippen LogP contribution in [0.25, 0.3) is 0 Å². The van der Waals surface area contributed by atoms with Crippen LogP contribution in [0.15, 0.2) is 12.3 Å². The Hall–Kier alpha value is -1.25. The molecule has 1 rings (SSSR count). The molecule has 0 aliphatic rings. The van der Waals surface area contributed by atoms with Crippen molar-refractivity contribution in [2.75, 3.05) is 6.54 Å². The van der Waals surface area contributed by atoms with Crippen molar-refractivity contribution in [3.8, 4) is 11.8 Å². The van der Waals surface area contributed by atoms with E-state index >= 15 is 0 Å². The number of nitrogens with zero attached hydrogens (tertiary/aromatic N) is 1. The first-order valence-electron chi connectivity index (χ1n) is 4.37. The molecule has 1 heterocycles. The zero-order chi connectivity index (χ0) is 12.2. The Kier molecular flexibility index (Phi) is 4.16. The minimum Gasteiger partial charge on any atom is -0.330 e. The molecular formula is C10H8ClF3N2. The van der Waals surface area contributed by atoms with E-state index in [1.54, 1.807) is 0 Å². The Labute approximate surface area is 95.6 Å². The van der Waals surface area contributed by atoms with Crippen molar-refractivity contribution in [3.63, 3.8) is 0 Å². The summed E-state index contributed by atoms with van der Waals surface area (Å²) in [4.78, 5) is 3.55. The summed E-state index contributed by atoms with van der Waals surface area (Å²) in [5.41, 5.74) is 4.45. The molecule has 0 aliphatic carbocycles. The molecule has 0 saturated heterocycles. The summed E-state index contributed by atoms with van der Waals surface area (Å²) < 4.78 is 36.8. The second kappa shape index (κ2) is 5.19. The van der Waals surface area contributed by atoms with Gasteiger partial charge in [0, 0.05) is 19.2 Å². The van der Waals surface area contributed by atoms with Crippen LogP contribution in [0.4, 0.5) is 13.2 Å². The van der Waals surface area contributed by atoms with Crippen LogP contribution >= 0.6 is 11.6 Å². The van der Waals surface area contributed by atoms with Crippen LogP contribution in [0.5, 0.6) is 0 Å². The molecule has 0 aromatic carbocycles. The summed E-state index contributed by atoms with van der Waals surface area (Å²) in [5, 5.41) is -0.112. The SMILES string of the molecule is NCCC#Cc1ncc(C(F)(F)F)cc1Cl. The predicted octanol–water partition coefficient (Wildman–Crippen LogP) is 2.45. The van der Waals surface area contributed by atoms with Crippen LogP contribution < -0.4 is 5.73 Å².